The van der Waals surface area contributed by atoms with Gasteiger partial charge in [0.05, 0.1) is 11.3 Å². The van der Waals surface area contributed by atoms with E-state index in [2.05, 4.69) is 4.98 Å². The van der Waals surface area contributed by atoms with Crippen molar-refractivity contribution in [3.05, 3.63) is 17.8 Å². The molecule has 2 N–H and O–H groups in total. The normalized spacial score (nSPS) is 12.8. The third kappa shape index (κ3) is 2.43. The molecule has 0 aliphatic heterocycles. The van der Waals surface area contributed by atoms with Crippen molar-refractivity contribution in [2.45, 2.75) is 18.0 Å². The molecular formula is C8H9F3N2O2S. The number of anilines is 1. The summed E-state index contributed by atoms with van der Waals surface area (Å²) in [6.45, 7) is 1.31. The standard InChI is InChI=1S/C8H9F3N2O2S/c1-2-16(14,15)6-3-5(8(9,10)11)4-13-7(6)12/h3-4H,2H2,1H3,(H2,12,13). The molecule has 1 aromatic heterocycles. The Balaban J connectivity index is 3.42. The predicted octanol–water partition coefficient (Wildman–Crippen LogP) is 1.48. The van der Waals surface area contributed by atoms with E-state index in [-0.39, 0.29) is 5.75 Å². The second-order valence-electron chi connectivity index (χ2n) is 3.01. The van der Waals surface area contributed by atoms with Crippen molar-refractivity contribution in [2.24, 2.45) is 0 Å². The third-order valence-electron chi connectivity index (χ3n) is 1.92. The van der Waals surface area contributed by atoms with Crippen molar-refractivity contribution in [1.82, 2.24) is 4.98 Å². The first kappa shape index (κ1) is 12.8. The molecule has 90 valence electrons. The highest BCUT2D eigenvalue weighted by Gasteiger charge is 2.33. The number of hydrogen-bond acceptors (Lipinski definition) is 4. The Labute approximate surface area is 90.2 Å². The number of nitrogens with zero attached hydrogens (tertiary/aromatic N) is 1. The van der Waals surface area contributed by atoms with Crippen LogP contribution in [0.2, 0.25) is 0 Å². The van der Waals surface area contributed by atoms with Crippen LogP contribution in [0.25, 0.3) is 0 Å². The quantitative estimate of drug-likeness (QED) is 0.867. The number of rotatable bonds is 2. The lowest BCUT2D eigenvalue weighted by Crippen LogP contribution is -2.13. The highest BCUT2D eigenvalue weighted by atomic mass is 32.2. The van der Waals surface area contributed by atoms with Crippen molar-refractivity contribution < 1.29 is 21.6 Å². The second-order valence-corrected chi connectivity index (χ2v) is 5.26. The van der Waals surface area contributed by atoms with Crippen LogP contribution in [0.3, 0.4) is 0 Å². The topological polar surface area (TPSA) is 73.0 Å². The maximum Gasteiger partial charge on any atom is 0.417 e. The monoisotopic (exact) mass is 254 g/mol. The van der Waals surface area contributed by atoms with E-state index in [1.54, 1.807) is 0 Å². The summed E-state index contributed by atoms with van der Waals surface area (Å²) in [4.78, 5) is 2.66. The van der Waals surface area contributed by atoms with Crippen LogP contribution >= 0.6 is 0 Å². The Bertz CT molecular complexity index is 496. The first-order valence-corrected chi connectivity index (χ1v) is 5.89. The molecule has 0 atom stereocenters. The molecule has 0 spiro atoms. The average Bonchev–Trinajstić information content (AvgIpc) is 2.16. The zero-order valence-corrected chi connectivity index (χ0v) is 9.06. The smallest absolute Gasteiger partial charge is 0.383 e. The van der Waals surface area contributed by atoms with E-state index in [0.717, 1.165) is 0 Å². The summed E-state index contributed by atoms with van der Waals surface area (Å²) in [5.74, 6) is -0.755. The maximum atomic E-state index is 12.3. The lowest BCUT2D eigenvalue weighted by atomic mass is 10.3. The van der Waals surface area contributed by atoms with Gasteiger partial charge in [-0.2, -0.15) is 13.2 Å². The van der Waals surface area contributed by atoms with Crippen LogP contribution in [-0.2, 0) is 16.0 Å². The molecule has 0 radical (unpaired) electrons. The summed E-state index contributed by atoms with van der Waals surface area (Å²) in [5.41, 5.74) is 4.11. The van der Waals surface area contributed by atoms with Crippen molar-refractivity contribution >= 4 is 15.7 Å². The number of halogens is 3. The van der Waals surface area contributed by atoms with E-state index in [0.29, 0.717) is 12.3 Å². The number of nitrogens with two attached hydrogens (primary N) is 1. The molecule has 0 amide bonds. The van der Waals surface area contributed by atoms with E-state index in [9.17, 15) is 21.6 Å². The molecule has 0 unspecified atom stereocenters. The minimum Gasteiger partial charge on any atom is -0.383 e. The summed E-state index contributed by atoms with van der Waals surface area (Å²) in [7, 11) is -3.80. The van der Waals surface area contributed by atoms with Gasteiger partial charge >= 0.3 is 6.18 Å². The number of aromatic nitrogens is 1. The van der Waals surface area contributed by atoms with Gasteiger partial charge in [-0.15, -0.1) is 0 Å². The SMILES string of the molecule is CCS(=O)(=O)c1cc(C(F)(F)F)cnc1N. The van der Waals surface area contributed by atoms with Crippen molar-refractivity contribution in [3.63, 3.8) is 0 Å². The number of pyridine rings is 1. The Hall–Kier alpha value is -1.31. The Kier molecular flexibility index (Phi) is 3.13. The third-order valence-corrected chi connectivity index (χ3v) is 3.68. The molecule has 1 rings (SSSR count). The molecule has 0 bridgehead atoms. The fraction of sp³-hybridized carbons (Fsp3) is 0.375. The molecule has 16 heavy (non-hydrogen) atoms. The summed E-state index contributed by atoms with van der Waals surface area (Å²) < 4.78 is 59.8. The van der Waals surface area contributed by atoms with E-state index in [1.807, 2.05) is 0 Å². The molecule has 1 heterocycles. The number of sulfone groups is 1. The summed E-state index contributed by atoms with van der Waals surface area (Å²) in [5, 5.41) is 0. The van der Waals surface area contributed by atoms with Gasteiger partial charge in [0.1, 0.15) is 10.7 Å². The van der Waals surface area contributed by atoms with Crippen LogP contribution in [0.15, 0.2) is 17.2 Å². The Morgan fingerprint density at radius 3 is 2.44 bits per heavy atom. The van der Waals surface area contributed by atoms with E-state index >= 15 is 0 Å². The van der Waals surface area contributed by atoms with Gasteiger partial charge < -0.3 is 5.73 Å². The van der Waals surface area contributed by atoms with Crippen molar-refractivity contribution in [2.75, 3.05) is 11.5 Å². The summed E-state index contributed by atoms with van der Waals surface area (Å²) >= 11 is 0. The Morgan fingerprint density at radius 1 is 1.44 bits per heavy atom. The fourth-order valence-corrected chi connectivity index (χ4v) is 2.00. The van der Waals surface area contributed by atoms with Crippen LogP contribution in [-0.4, -0.2) is 19.2 Å². The van der Waals surface area contributed by atoms with Gasteiger partial charge in [0.25, 0.3) is 0 Å². The van der Waals surface area contributed by atoms with Crippen molar-refractivity contribution in [1.29, 1.82) is 0 Å². The largest absolute Gasteiger partial charge is 0.417 e. The zero-order valence-electron chi connectivity index (χ0n) is 8.25. The molecule has 0 aliphatic rings. The van der Waals surface area contributed by atoms with E-state index in [4.69, 9.17) is 5.73 Å². The average molecular weight is 254 g/mol. The minimum atomic E-state index is -4.64. The molecule has 4 nitrogen and oxygen atoms in total. The van der Waals surface area contributed by atoms with E-state index in [1.165, 1.54) is 6.92 Å². The Morgan fingerprint density at radius 2 is 2.00 bits per heavy atom. The molecule has 0 saturated heterocycles. The summed E-state index contributed by atoms with van der Waals surface area (Å²) in [6, 6.07) is 0.501. The molecule has 0 aliphatic carbocycles. The maximum absolute atomic E-state index is 12.3. The number of hydrogen-bond donors (Lipinski definition) is 1. The number of nitrogen functional groups attached to an aromatic ring is 1. The van der Waals surface area contributed by atoms with Crippen LogP contribution in [0.5, 0.6) is 0 Å². The van der Waals surface area contributed by atoms with Gasteiger partial charge in [0, 0.05) is 6.20 Å². The molecule has 0 saturated carbocycles. The minimum absolute atomic E-state index is 0.333. The number of alkyl halides is 3. The van der Waals surface area contributed by atoms with Gasteiger partial charge in [-0.05, 0) is 6.07 Å². The van der Waals surface area contributed by atoms with Gasteiger partial charge in [-0.25, -0.2) is 13.4 Å². The summed E-state index contributed by atoms with van der Waals surface area (Å²) in [6.07, 6.45) is -4.14. The highest BCUT2D eigenvalue weighted by Crippen LogP contribution is 2.31. The zero-order chi connectivity index (χ0) is 12.6. The van der Waals surface area contributed by atoms with Gasteiger partial charge in [-0.3, -0.25) is 0 Å². The fourth-order valence-electron chi connectivity index (χ4n) is 1.01. The van der Waals surface area contributed by atoms with Gasteiger partial charge in [-0.1, -0.05) is 6.92 Å². The first-order chi connectivity index (χ1) is 7.18. The molecule has 0 aromatic carbocycles. The predicted molar refractivity (Wildman–Crippen MR) is 51.4 cm³/mol. The van der Waals surface area contributed by atoms with Crippen LogP contribution in [0.1, 0.15) is 12.5 Å². The van der Waals surface area contributed by atoms with Gasteiger partial charge in [0.15, 0.2) is 9.84 Å². The van der Waals surface area contributed by atoms with E-state index < -0.39 is 32.3 Å². The molecule has 0 fully saturated rings. The first-order valence-electron chi connectivity index (χ1n) is 4.24. The second kappa shape index (κ2) is 3.93. The lowest BCUT2D eigenvalue weighted by Gasteiger charge is -2.09. The lowest BCUT2D eigenvalue weighted by molar-refractivity contribution is -0.138. The van der Waals surface area contributed by atoms with Crippen LogP contribution in [0.4, 0.5) is 19.0 Å². The van der Waals surface area contributed by atoms with Crippen molar-refractivity contribution in [3.8, 4) is 0 Å². The van der Waals surface area contributed by atoms with Crippen LogP contribution < -0.4 is 5.73 Å². The molecule has 1 aromatic rings. The van der Waals surface area contributed by atoms with Gasteiger partial charge in [0.2, 0.25) is 0 Å². The van der Waals surface area contributed by atoms with Crippen LogP contribution in [0, 0.1) is 0 Å². The molecular weight excluding hydrogens is 245 g/mol. The highest BCUT2D eigenvalue weighted by molar-refractivity contribution is 7.91. The molecule has 8 heteroatoms.